The number of carbonyl (C=O) groups excluding carboxylic acids is 1. The number of anilines is 1. The fraction of sp³-hybridized carbons (Fsp3) is 0.294. The Kier molecular flexibility index (Phi) is 4.60. The molecule has 8 heteroatoms. The number of rotatable bonds is 5. The number of hydrogen-bond acceptors (Lipinski definition) is 7. The first-order valence-corrected chi connectivity index (χ1v) is 7.86. The monoisotopic (exact) mass is 344 g/mol. The molecule has 0 saturated heterocycles. The van der Waals surface area contributed by atoms with Gasteiger partial charge in [-0.3, -0.25) is 0 Å². The maximum atomic E-state index is 13.2. The Balaban J connectivity index is 2.17. The van der Waals surface area contributed by atoms with Crippen LogP contribution in [0.2, 0.25) is 0 Å². The van der Waals surface area contributed by atoms with Gasteiger partial charge in [-0.05, 0) is 45.0 Å². The molecule has 0 amide bonds. The van der Waals surface area contributed by atoms with Gasteiger partial charge in [0.25, 0.3) is 5.71 Å². The molecule has 0 radical (unpaired) electrons. The van der Waals surface area contributed by atoms with E-state index < -0.39 is 5.97 Å². The zero-order chi connectivity index (χ0) is 18.0. The van der Waals surface area contributed by atoms with E-state index in [4.69, 9.17) is 9.26 Å². The average Bonchev–Trinajstić information content (AvgIpc) is 2.99. The second-order valence-electron chi connectivity index (χ2n) is 5.63. The van der Waals surface area contributed by atoms with Crippen LogP contribution in [0.1, 0.15) is 31.4 Å². The molecule has 25 heavy (non-hydrogen) atoms. The molecule has 3 rings (SSSR count). The van der Waals surface area contributed by atoms with E-state index in [1.807, 2.05) is 13.8 Å². The van der Waals surface area contributed by atoms with Crippen LogP contribution >= 0.6 is 0 Å². The first-order chi connectivity index (χ1) is 12.0. The van der Waals surface area contributed by atoms with Crippen molar-refractivity contribution in [2.45, 2.75) is 26.8 Å². The Morgan fingerprint density at radius 1 is 1.28 bits per heavy atom. The second-order valence-corrected chi connectivity index (χ2v) is 5.63. The molecular formula is C17H17FN4O3. The van der Waals surface area contributed by atoms with E-state index >= 15 is 0 Å². The van der Waals surface area contributed by atoms with Gasteiger partial charge in [0.05, 0.1) is 6.61 Å². The highest BCUT2D eigenvalue weighted by atomic mass is 19.1. The number of hydrogen-bond donors (Lipinski definition) is 1. The zero-order valence-corrected chi connectivity index (χ0v) is 14.0. The fourth-order valence-electron chi connectivity index (χ4n) is 2.32. The number of esters is 1. The van der Waals surface area contributed by atoms with E-state index in [0.717, 1.165) is 0 Å². The van der Waals surface area contributed by atoms with E-state index in [9.17, 15) is 9.18 Å². The Labute approximate surface area is 143 Å². The highest BCUT2D eigenvalue weighted by molar-refractivity contribution is 5.99. The molecule has 0 saturated carbocycles. The average molecular weight is 344 g/mol. The first-order valence-electron chi connectivity index (χ1n) is 7.86. The van der Waals surface area contributed by atoms with Crippen molar-refractivity contribution >= 4 is 22.9 Å². The van der Waals surface area contributed by atoms with Gasteiger partial charge in [-0.15, -0.1) is 0 Å². The van der Waals surface area contributed by atoms with Crippen LogP contribution in [0.25, 0.3) is 22.4 Å². The van der Waals surface area contributed by atoms with Gasteiger partial charge >= 0.3 is 5.97 Å². The summed E-state index contributed by atoms with van der Waals surface area (Å²) in [6, 6.07) is 5.89. The summed E-state index contributed by atoms with van der Waals surface area (Å²) in [7, 11) is 0. The van der Waals surface area contributed by atoms with Gasteiger partial charge in [-0.25, -0.2) is 14.2 Å². The molecule has 7 nitrogen and oxygen atoms in total. The topological polar surface area (TPSA) is 90.1 Å². The zero-order valence-electron chi connectivity index (χ0n) is 14.0. The number of nitrogens with one attached hydrogen (secondary N) is 1. The highest BCUT2D eigenvalue weighted by Crippen LogP contribution is 2.32. The smallest absolute Gasteiger partial charge is 0.376 e. The number of aromatic nitrogens is 3. The maximum Gasteiger partial charge on any atom is 0.376 e. The SMILES string of the molecule is CCOC(=O)c1nc(NC(C)C)c2c(-c3ccc(F)cc3)noc2n1. The molecule has 0 atom stereocenters. The normalized spacial score (nSPS) is 11.1. The van der Waals surface area contributed by atoms with Crippen molar-refractivity contribution in [3.05, 3.63) is 35.9 Å². The number of fused-ring (bicyclic) bond motifs is 1. The quantitative estimate of drug-likeness (QED) is 0.709. The van der Waals surface area contributed by atoms with Crippen molar-refractivity contribution in [1.82, 2.24) is 15.1 Å². The van der Waals surface area contributed by atoms with E-state index in [-0.39, 0.29) is 30.0 Å². The predicted molar refractivity (Wildman–Crippen MR) is 89.7 cm³/mol. The fourth-order valence-corrected chi connectivity index (χ4v) is 2.32. The lowest BCUT2D eigenvalue weighted by Gasteiger charge is -2.11. The molecule has 130 valence electrons. The van der Waals surface area contributed by atoms with Crippen LogP contribution < -0.4 is 5.32 Å². The van der Waals surface area contributed by atoms with Gasteiger partial charge in [0, 0.05) is 11.6 Å². The van der Waals surface area contributed by atoms with Crippen LogP contribution in [-0.2, 0) is 4.74 Å². The molecule has 0 fully saturated rings. The van der Waals surface area contributed by atoms with Crippen molar-refractivity contribution < 1.29 is 18.4 Å². The lowest BCUT2D eigenvalue weighted by molar-refractivity contribution is 0.0512. The summed E-state index contributed by atoms with van der Waals surface area (Å²) in [5.41, 5.74) is 1.27. The Bertz CT molecular complexity index is 906. The Morgan fingerprint density at radius 3 is 2.64 bits per heavy atom. The number of ether oxygens (including phenoxy) is 1. The molecule has 1 N–H and O–H groups in total. The summed E-state index contributed by atoms with van der Waals surface area (Å²) in [5.74, 6) is -0.697. The number of nitrogens with zero attached hydrogens (tertiary/aromatic N) is 3. The summed E-state index contributed by atoms with van der Waals surface area (Å²) in [4.78, 5) is 20.3. The molecule has 0 aliphatic rings. The molecule has 3 aromatic rings. The van der Waals surface area contributed by atoms with Gasteiger partial charge in [-0.2, -0.15) is 4.98 Å². The van der Waals surface area contributed by atoms with Gasteiger partial charge in [-0.1, -0.05) is 5.16 Å². The standard InChI is InChI=1S/C17H17FN4O3/c1-4-24-17(23)15-20-14(19-9(2)3)12-13(22-25-16(12)21-15)10-5-7-11(18)8-6-10/h5-9H,4H2,1-3H3,(H,19,20,21). The van der Waals surface area contributed by atoms with Crippen molar-refractivity contribution in [3.8, 4) is 11.3 Å². The number of carbonyl (C=O) groups is 1. The number of halogens is 1. The van der Waals surface area contributed by atoms with Gasteiger partial charge in [0.2, 0.25) is 5.82 Å². The third-order valence-electron chi connectivity index (χ3n) is 3.34. The van der Waals surface area contributed by atoms with Crippen LogP contribution in [0, 0.1) is 5.82 Å². The Hall–Kier alpha value is -3.03. The van der Waals surface area contributed by atoms with Gasteiger partial charge in [0.1, 0.15) is 22.7 Å². The maximum absolute atomic E-state index is 13.2. The first kappa shape index (κ1) is 16.8. The molecular weight excluding hydrogens is 327 g/mol. The van der Waals surface area contributed by atoms with Crippen LogP contribution in [-0.4, -0.2) is 33.7 Å². The predicted octanol–water partition coefficient (Wildman–Crippen LogP) is 3.42. The number of benzene rings is 1. The molecule has 0 bridgehead atoms. The summed E-state index contributed by atoms with van der Waals surface area (Å²) < 4.78 is 23.4. The largest absolute Gasteiger partial charge is 0.460 e. The van der Waals surface area contributed by atoms with Crippen molar-refractivity contribution in [2.75, 3.05) is 11.9 Å². The highest BCUT2D eigenvalue weighted by Gasteiger charge is 2.22. The molecule has 0 unspecified atom stereocenters. The third-order valence-corrected chi connectivity index (χ3v) is 3.34. The van der Waals surface area contributed by atoms with Crippen LogP contribution in [0.5, 0.6) is 0 Å². The van der Waals surface area contributed by atoms with Crippen LogP contribution in [0.4, 0.5) is 10.2 Å². The Morgan fingerprint density at radius 2 is 2.00 bits per heavy atom. The van der Waals surface area contributed by atoms with Crippen LogP contribution in [0.3, 0.4) is 0 Å². The van der Waals surface area contributed by atoms with Crippen LogP contribution in [0.15, 0.2) is 28.8 Å². The van der Waals surface area contributed by atoms with E-state index in [0.29, 0.717) is 22.5 Å². The van der Waals surface area contributed by atoms with Gasteiger partial charge < -0.3 is 14.6 Å². The summed E-state index contributed by atoms with van der Waals surface area (Å²) >= 11 is 0. The molecule has 2 aromatic heterocycles. The van der Waals surface area contributed by atoms with E-state index in [2.05, 4.69) is 20.4 Å². The molecule has 1 aromatic carbocycles. The summed E-state index contributed by atoms with van der Waals surface area (Å²) in [6.45, 7) is 5.78. The molecule has 0 aliphatic carbocycles. The summed E-state index contributed by atoms with van der Waals surface area (Å²) in [5, 5.41) is 7.70. The second kappa shape index (κ2) is 6.84. The molecule has 0 aliphatic heterocycles. The van der Waals surface area contributed by atoms with E-state index in [1.165, 1.54) is 12.1 Å². The third kappa shape index (κ3) is 3.42. The summed E-state index contributed by atoms with van der Waals surface area (Å²) in [6.07, 6.45) is 0. The van der Waals surface area contributed by atoms with Crippen molar-refractivity contribution in [2.24, 2.45) is 0 Å². The van der Waals surface area contributed by atoms with Gasteiger partial charge in [0.15, 0.2) is 0 Å². The lowest BCUT2D eigenvalue weighted by atomic mass is 10.1. The lowest BCUT2D eigenvalue weighted by Crippen LogP contribution is -2.15. The minimum atomic E-state index is -0.643. The van der Waals surface area contributed by atoms with E-state index in [1.54, 1.807) is 19.1 Å². The molecule has 2 heterocycles. The molecule has 0 spiro atoms. The van der Waals surface area contributed by atoms with Crippen molar-refractivity contribution in [3.63, 3.8) is 0 Å². The van der Waals surface area contributed by atoms with Crippen molar-refractivity contribution in [1.29, 1.82) is 0 Å². The minimum absolute atomic E-state index is 0.0455. The minimum Gasteiger partial charge on any atom is -0.460 e.